The number of aromatic nitrogens is 1. The summed E-state index contributed by atoms with van der Waals surface area (Å²) in [6.45, 7) is 3.76. The van der Waals surface area contributed by atoms with E-state index in [1.54, 1.807) is 4.57 Å². The first-order valence-electron chi connectivity index (χ1n) is 5.92. The summed E-state index contributed by atoms with van der Waals surface area (Å²) in [4.78, 5) is 16.2. The van der Waals surface area contributed by atoms with Gasteiger partial charge in [0.15, 0.2) is 0 Å². The van der Waals surface area contributed by atoms with E-state index in [2.05, 4.69) is 11.9 Å². The highest BCUT2D eigenvalue weighted by Crippen LogP contribution is 2.05. The first-order chi connectivity index (χ1) is 8.20. The van der Waals surface area contributed by atoms with E-state index >= 15 is 0 Å². The van der Waals surface area contributed by atoms with E-state index in [0.717, 1.165) is 31.9 Å². The third kappa shape index (κ3) is 2.87. The van der Waals surface area contributed by atoms with Crippen LogP contribution in [0.4, 0.5) is 0 Å². The average molecular weight is 237 g/mol. The first kappa shape index (κ1) is 12.1. The normalized spacial score (nSPS) is 17.4. The number of likely N-dealkylation sites (N-methyl/N-ethyl adjacent to an activating group) is 1. The van der Waals surface area contributed by atoms with Gasteiger partial charge in [0, 0.05) is 38.1 Å². The molecule has 0 radical (unpaired) electrons. The maximum atomic E-state index is 12.0. The number of carbonyl (C=O) groups is 1. The van der Waals surface area contributed by atoms with Gasteiger partial charge in [0.05, 0.1) is 6.61 Å². The lowest BCUT2D eigenvalue weighted by atomic mass is 10.3. The van der Waals surface area contributed by atoms with Crippen molar-refractivity contribution in [1.29, 1.82) is 0 Å². The van der Waals surface area contributed by atoms with Gasteiger partial charge in [0.2, 0.25) is 5.91 Å². The van der Waals surface area contributed by atoms with Crippen LogP contribution in [0.25, 0.3) is 0 Å². The van der Waals surface area contributed by atoms with Gasteiger partial charge in [-0.25, -0.2) is 0 Å². The van der Waals surface area contributed by atoms with Crippen LogP contribution in [0.1, 0.15) is 5.69 Å². The van der Waals surface area contributed by atoms with Crippen LogP contribution in [0.15, 0.2) is 18.3 Å². The number of aliphatic hydroxyl groups excluding tert-OH is 1. The molecule has 5 nitrogen and oxygen atoms in total. The standard InChI is InChI=1S/C12H19N3O2/c1-13-5-7-14(8-6-13)12(17)9-15-4-2-3-11(15)10-16/h2-4,16H,5-10H2,1H3. The van der Waals surface area contributed by atoms with Crippen molar-refractivity contribution in [2.75, 3.05) is 33.2 Å². The monoisotopic (exact) mass is 237 g/mol. The lowest BCUT2D eigenvalue weighted by Gasteiger charge is -2.32. The molecule has 2 heterocycles. The smallest absolute Gasteiger partial charge is 0.242 e. The number of hydrogen-bond acceptors (Lipinski definition) is 3. The van der Waals surface area contributed by atoms with E-state index in [0.29, 0.717) is 6.54 Å². The molecule has 1 saturated heterocycles. The molecule has 1 N–H and O–H groups in total. The van der Waals surface area contributed by atoms with Crippen molar-refractivity contribution >= 4 is 5.91 Å². The molecule has 0 unspecified atom stereocenters. The van der Waals surface area contributed by atoms with Gasteiger partial charge < -0.3 is 19.5 Å². The maximum Gasteiger partial charge on any atom is 0.242 e. The zero-order valence-electron chi connectivity index (χ0n) is 10.2. The number of rotatable bonds is 3. The predicted octanol–water partition coefficient (Wildman–Crippen LogP) is -0.246. The number of piperazine rings is 1. The number of amides is 1. The van der Waals surface area contributed by atoms with E-state index in [4.69, 9.17) is 5.11 Å². The zero-order chi connectivity index (χ0) is 12.3. The molecule has 0 aliphatic carbocycles. The van der Waals surface area contributed by atoms with Gasteiger partial charge in [0.25, 0.3) is 0 Å². The number of hydrogen-bond donors (Lipinski definition) is 1. The zero-order valence-corrected chi connectivity index (χ0v) is 10.2. The van der Waals surface area contributed by atoms with Gasteiger partial charge in [-0.1, -0.05) is 0 Å². The second-order valence-corrected chi connectivity index (χ2v) is 4.47. The summed E-state index contributed by atoms with van der Waals surface area (Å²) in [5, 5.41) is 9.11. The van der Waals surface area contributed by atoms with Gasteiger partial charge >= 0.3 is 0 Å². The van der Waals surface area contributed by atoms with Crippen LogP contribution < -0.4 is 0 Å². The fourth-order valence-electron chi connectivity index (χ4n) is 2.05. The van der Waals surface area contributed by atoms with Gasteiger partial charge in [0.1, 0.15) is 6.54 Å². The molecule has 1 aromatic heterocycles. The molecule has 1 aliphatic rings. The van der Waals surface area contributed by atoms with Crippen LogP contribution in [0.3, 0.4) is 0 Å². The Bertz CT molecular complexity index is 381. The fourth-order valence-corrected chi connectivity index (χ4v) is 2.05. The summed E-state index contributed by atoms with van der Waals surface area (Å²) >= 11 is 0. The van der Waals surface area contributed by atoms with Crippen LogP contribution >= 0.6 is 0 Å². The van der Waals surface area contributed by atoms with Crippen LogP contribution in [0.2, 0.25) is 0 Å². The van der Waals surface area contributed by atoms with Crippen LogP contribution in [-0.4, -0.2) is 58.6 Å². The Hall–Kier alpha value is -1.33. The Morgan fingerprint density at radius 3 is 2.71 bits per heavy atom. The lowest BCUT2D eigenvalue weighted by molar-refractivity contribution is -0.133. The van der Waals surface area contributed by atoms with Crippen molar-refractivity contribution < 1.29 is 9.90 Å². The van der Waals surface area contributed by atoms with E-state index in [1.807, 2.05) is 23.2 Å². The SMILES string of the molecule is CN1CCN(C(=O)Cn2cccc2CO)CC1. The first-order valence-corrected chi connectivity index (χ1v) is 5.92. The van der Waals surface area contributed by atoms with Crippen molar-refractivity contribution in [3.8, 4) is 0 Å². The highest BCUT2D eigenvalue weighted by molar-refractivity contribution is 5.76. The van der Waals surface area contributed by atoms with Crippen molar-refractivity contribution in [2.45, 2.75) is 13.2 Å². The van der Waals surface area contributed by atoms with Crippen LogP contribution in [0, 0.1) is 0 Å². The quantitative estimate of drug-likeness (QED) is 0.789. The molecule has 1 amide bonds. The molecular formula is C12H19N3O2. The van der Waals surface area contributed by atoms with Crippen molar-refractivity contribution in [3.63, 3.8) is 0 Å². The topological polar surface area (TPSA) is 48.7 Å². The molecule has 1 fully saturated rings. The third-order valence-corrected chi connectivity index (χ3v) is 3.25. The summed E-state index contributed by atoms with van der Waals surface area (Å²) in [5.41, 5.74) is 0.785. The molecule has 0 bridgehead atoms. The van der Waals surface area contributed by atoms with E-state index in [1.165, 1.54) is 0 Å². The predicted molar refractivity (Wildman–Crippen MR) is 64.4 cm³/mol. The van der Waals surface area contributed by atoms with E-state index in [9.17, 15) is 4.79 Å². The van der Waals surface area contributed by atoms with Gasteiger partial charge in [-0.05, 0) is 19.2 Å². The molecule has 0 atom stereocenters. The molecule has 5 heteroatoms. The van der Waals surface area contributed by atoms with Crippen molar-refractivity contribution in [1.82, 2.24) is 14.4 Å². The fraction of sp³-hybridized carbons (Fsp3) is 0.583. The van der Waals surface area contributed by atoms with E-state index < -0.39 is 0 Å². The van der Waals surface area contributed by atoms with Crippen LogP contribution in [0.5, 0.6) is 0 Å². The Morgan fingerprint density at radius 1 is 1.35 bits per heavy atom. The van der Waals surface area contributed by atoms with Crippen molar-refractivity contribution in [3.05, 3.63) is 24.0 Å². The number of nitrogens with zero attached hydrogens (tertiary/aromatic N) is 3. The van der Waals surface area contributed by atoms with Gasteiger partial charge in [-0.3, -0.25) is 4.79 Å². The molecule has 0 aromatic carbocycles. The highest BCUT2D eigenvalue weighted by Gasteiger charge is 2.19. The Morgan fingerprint density at radius 2 is 2.06 bits per heavy atom. The Kier molecular flexibility index (Phi) is 3.81. The summed E-state index contributed by atoms with van der Waals surface area (Å²) in [5.74, 6) is 0.129. The maximum absolute atomic E-state index is 12.0. The molecule has 94 valence electrons. The number of aliphatic hydroxyl groups is 1. The number of carbonyl (C=O) groups excluding carboxylic acids is 1. The molecule has 2 rings (SSSR count). The average Bonchev–Trinajstić information content (AvgIpc) is 2.77. The van der Waals surface area contributed by atoms with Crippen LogP contribution in [-0.2, 0) is 17.9 Å². The minimum atomic E-state index is -0.0248. The summed E-state index contributed by atoms with van der Waals surface area (Å²) < 4.78 is 1.81. The van der Waals surface area contributed by atoms with Crippen molar-refractivity contribution in [2.24, 2.45) is 0 Å². The minimum Gasteiger partial charge on any atom is -0.390 e. The Labute approximate surface area is 101 Å². The summed E-state index contributed by atoms with van der Waals surface area (Å²) in [6, 6.07) is 3.68. The molecule has 0 spiro atoms. The molecule has 1 aromatic rings. The molecule has 17 heavy (non-hydrogen) atoms. The van der Waals surface area contributed by atoms with E-state index in [-0.39, 0.29) is 12.5 Å². The third-order valence-electron chi connectivity index (χ3n) is 3.25. The second kappa shape index (κ2) is 5.33. The lowest BCUT2D eigenvalue weighted by Crippen LogP contribution is -2.48. The molecular weight excluding hydrogens is 218 g/mol. The van der Waals surface area contributed by atoms with Gasteiger partial charge in [-0.15, -0.1) is 0 Å². The highest BCUT2D eigenvalue weighted by atomic mass is 16.3. The molecule has 0 saturated carbocycles. The summed E-state index contributed by atoms with van der Waals surface area (Å²) in [7, 11) is 2.07. The summed E-state index contributed by atoms with van der Waals surface area (Å²) in [6.07, 6.45) is 1.83. The largest absolute Gasteiger partial charge is 0.390 e. The Balaban J connectivity index is 1.93. The van der Waals surface area contributed by atoms with Gasteiger partial charge in [-0.2, -0.15) is 0 Å². The second-order valence-electron chi connectivity index (χ2n) is 4.47. The minimum absolute atomic E-state index is 0.0248. The molecule has 1 aliphatic heterocycles.